The Morgan fingerprint density at radius 3 is 2.87 bits per heavy atom. The van der Waals surface area contributed by atoms with E-state index < -0.39 is 5.91 Å². The quantitative estimate of drug-likeness (QED) is 0.440. The number of carbonyl (C=O) groups excluding carboxylic acids is 1. The van der Waals surface area contributed by atoms with Gasteiger partial charge in [-0.25, -0.2) is 10.5 Å². The third-order valence-corrected chi connectivity index (χ3v) is 3.65. The van der Waals surface area contributed by atoms with Gasteiger partial charge in [0.1, 0.15) is 5.82 Å². The summed E-state index contributed by atoms with van der Waals surface area (Å²) in [6, 6.07) is 4.22. The van der Waals surface area contributed by atoms with E-state index in [9.17, 15) is 4.79 Å². The van der Waals surface area contributed by atoms with Gasteiger partial charge in [0.05, 0.1) is 0 Å². The number of likely N-dealkylation sites (tertiary alicyclic amines) is 1. The predicted octanol–water partition coefficient (Wildman–Crippen LogP) is 2.13. The average Bonchev–Trinajstić information content (AvgIpc) is 2.91. The first kappa shape index (κ1) is 17.4. The highest BCUT2D eigenvalue weighted by Gasteiger charge is 2.25. The molecule has 6 nitrogen and oxygen atoms in total. The molecule has 0 radical (unpaired) electrons. The molecular formula is C17H26N4O2. The number of pyridine rings is 1. The van der Waals surface area contributed by atoms with Gasteiger partial charge in [-0.3, -0.25) is 10.0 Å². The maximum atomic E-state index is 10.9. The van der Waals surface area contributed by atoms with E-state index >= 15 is 0 Å². The van der Waals surface area contributed by atoms with Crippen molar-refractivity contribution in [1.82, 2.24) is 15.4 Å². The monoisotopic (exact) mass is 318 g/mol. The number of hydroxylamine groups is 1. The van der Waals surface area contributed by atoms with E-state index in [-0.39, 0.29) is 0 Å². The van der Waals surface area contributed by atoms with Gasteiger partial charge >= 0.3 is 0 Å². The number of anilines is 1. The van der Waals surface area contributed by atoms with Crippen LogP contribution in [0.4, 0.5) is 5.82 Å². The molecule has 1 atom stereocenters. The first-order valence-electron chi connectivity index (χ1n) is 7.93. The first-order chi connectivity index (χ1) is 10.9. The highest BCUT2D eigenvalue weighted by Crippen LogP contribution is 2.21. The van der Waals surface area contributed by atoms with Crippen LogP contribution in [0.5, 0.6) is 0 Å². The summed E-state index contributed by atoms with van der Waals surface area (Å²) < 4.78 is 0. The summed E-state index contributed by atoms with van der Waals surface area (Å²) in [5.74, 6) is 0.286. The minimum atomic E-state index is -0.558. The highest BCUT2D eigenvalue weighted by atomic mass is 16.5. The molecule has 2 heterocycles. The molecule has 1 aliphatic heterocycles. The number of rotatable bonds is 5. The number of nitrogens with zero attached hydrogens (tertiary/aromatic N) is 2. The van der Waals surface area contributed by atoms with Crippen LogP contribution in [0.15, 0.2) is 24.4 Å². The molecule has 0 spiro atoms. The number of nitrogens with one attached hydrogen (secondary N) is 2. The van der Waals surface area contributed by atoms with Gasteiger partial charge in [-0.2, -0.15) is 0 Å². The number of hydrogen-bond donors (Lipinski definition) is 3. The number of hydrogen-bond acceptors (Lipinski definition) is 5. The number of aromatic nitrogens is 1. The third kappa shape index (κ3) is 6.00. The van der Waals surface area contributed by atoms with E-state index in [2.05, 4.69) is 36.0 Å². The van der Waals surface area contributed by atoms with Crippen LogP contribution in [-0.4, -0.2) is 46.7 Å². The van der Waals surface area contributed by atoms with E-state index in [4.69, 9.17) is 5.21 Å². The SMILES string of the molecule is CC(C)(C)CN1CC[C@@H](Nc2ccc(/C=C/C(=O)NO)cn2)C1. The summed E-state index contributed by atoms with van der Waals surface area (Å²) in [7, 11) is 0. The largest absolute Gasteiger partial charge is 0.366 e. The minimum Gasteiger partial charge on any atom is -0.366 e. The van der Waals surface area contributed by atoms with Gasteiger partial charge in [0.2, 0.25) is 0 Å². The van der Waals surface area contributed by atoms with Crippen LogP contribution in [-0.2, 0) is 4.79 Å². The predicted molar refractivity (Wildman–Crippen MR) is 91.1 cm³/mol. The molecule has 23 heavy (non-hydrogen) atoms. The van der Waals surface area contributed by atoms with Crippen LogP contribution in [0.3, 0.4) is 0 Å². The van der Waals surface area contributed by atoms with Gasteiger partial charge < -0.3 is 10.2 Å². The second kappa shape index (κ2) is 7.57. The van der Waals surface area contributed by atoms with Crippen LogP contribution in [0.25, 0.3) is 6.08 Å². The van der Waals surface area contributed by atoms with Crippen molar-refractivity contribution in [3.63, 3.8) is 0 Å². The smallest absolute Gasteiger partial charge is 0.267 e. The van der Waals surface area contributed by atoms with Crippen molar-refractivity contribution in [3.8, 4) is 0 Å². The Kier molecular flexibility index (Phi) is 5.74. The molecule has 0 aliphatic carbocycles. The molecule has 1 saturated heterocycles. The third-order valence-electron chi connectivity index (χ3n) is 3.65. The Labute approximate surface area is 137 Å². The lowest BCUT2D eigenvalue weighted by atomic mass is 9.96. The molecule has 0 unspecified atom stereocenters. The lowest BCUT2D eigenvalue weighted by Gasteiger charge is -2.26. The molecule has 1 fully saturated rings. The maximum absolute atomic E-state index is 10.9. The van der Waals surface area contributed by atoms with Crippen molar-refractivity contribution in [2.45, 2.75) is 33.2 Å². The van der Waals surface area contributed by atoms with E-state index in [1.807, 2.05) is 12.1 Å². The normalized spacial score (nSPS) is 19.2. The van der Waals surface area contributed by atoms with Gasteiger partial charge in [0.25, 0.3) is 5.91 Å². The Hall–Kier alpha value is -1.92. The number of amides is 1. The lowest BCUT2D eigenvalue weighted by Crippen LogP contribution is -2.33. The fourth-order valence-electron chi connectivity index (χ4n) is 2.77. The molecule has 1 aliphatic rings. The van der Waals surface area contributed by atoms with Gasteiger partial charge in [-0.1, -0.05) is 20.8 Å². The fourth-order valence-corrected chi connectivity index (χ4v) is 2.77. The average molecular weight is 318 g/mol. The summed E-state index contributed by atoms with van der Waals surface area (Å²) in [5.41, 5.74) is 2.68. The molecule has 3 N–H and O–H groups in total. The summed E-state index contributed by atoms with van der Waals surface area (Å²) >= 11 is 0. The molecule has 1 amide bonds. The van der Waals surface area contributed by atoms with Crippen molar-refractivity contribution in [1.29, 1.82) is 0 Å². The Morgan fingerprint density at radius 2 is 2.26 bits per heavy atom. The standard InChI is InChI=1S/C17H26N4O2/c1-17(2,3)12-21-9-8-14(11-21)19-15-6-4-13(10-18-15)5-7-16(22)20-23/h4-7,10,14,23H,8-9,11-12H2,1-3H3,(H,18,19)(H,20,22)/b7-5+/t14-/m1/s1. The van der Waals surface area contributed by atoms with Crippen molar-refractivity contribution >= 4 is 17.8 Å². The van der Waals surface area contributed by atoms with E-state index in [0.717, 1.165) is 37.4 Å². The molecule has 0 saturated carbocycles. The molecule has 0 bridgehead atoms. The van der Waals surface area contributed by atoms with Crippen LogP contribution >= 0.6 is 0 Å². The maximum Gasteiger partial charge on any atom is 0.267 e. The molecule has 1 aromatic heterocycles. The van der Waals surface area contributed by atoms with Crippen molar-refractivity contribution in [2.24, 2.45) is 5.41 Å². The Morgan fingerprint density at radius 1 is 1.48 bits per heavy atom. The van der Waals surface area contributed by atoms with Gasteiger partial charge in [0.15, 0.2) is 0 Å². The first-order valence-corrected chi connectivity index (χ1v) is 7.93. The van der Waals surface area contributed by atoms with Crippen LogP contribution < -0.4 is 10.8 Å². The summed E-state index contributed by atoms with van der Waals surface area (Å²) in [6.45, 7) is 10.0. The summed E-state index contributed by atoms with van der Waals surface area (Å²) in [6.07, 6.45) is 5.68. The highest BCUT2D eigenvalue weighted by molar-refractivity contribution is 5.90. The van der Waals surface area contributed by atoms with E-state index in [0.29, 0.717) is 11.5 Å². The summed E-state index contributed by atoms with van der Waals surface area (Å²) in [5, 5.41) is 11.9. The van der Waals surface area contributed by atoms with Crippen LogP contribution in [0.1, 0.15) is 32.8 Å². The Bertz CT molecular complexity index is 549. The zero-order chi connectivity index (χ0) is 16.9. The zero-order valence-corrected chi connectivity index (χ0v) is 14.0. The van der Waals surface area contributed by atoms with Crippen LogP contribution in [0.2, 0.25) is 0 Å². The molecule has 126 valence electrons. The van der Waals surface area contributed by atoms with Gasteiger partial charge in [-0.15, -0.1) is 0 Å². The fraction of sp³-hybridized carbons (Fsp3) is 0.529. The molecular weight excluding hydrogens is 292 g/mol. The Balaban J connectivity index is 1.85. The van der Waals surface area contributed by atoms with E-state index in [1.165, 1.54) is 6.08 Å². The lowest BCUT2D eigenvalue weighted by molar-refractivity contribution is -0.124. The van der Waals surface area contributed by atoms with Gasteiger partial charge in [-0.05, 0) is 35.6 Å². The van der Waals surface area contributed by atoms with Crippen molar-refractivity contribution < 1.29 is 10.0 Å². The molecule has 2 rings (SSSR count). The summed E-state index contributed by atoms with van der Waals surface area (Å²) in [4.78, 5) is 17.8. The topological polar surface area (TPSA) is 77.5 Å². The van der Waals surface area contributed by atoms with E-state index in [1.54, 1.807) is 17.8 Å². The minimum absolute atomic E-state index is 0.321. The zero-order valence-electron chi connectivity index (χ0n) is 14.0. The molecule has 6 heteroatoms. The van der Waals surface area contributed by atoms with Gasteiger partial charge in [0, 0.05) is 37.9 Å². The molecule has 0 aromatic carbocycles. The van der Waals surface area contributed by atoms with Crippen molar-refractivity contribution in [3.05, 3.63) is 30.0 Å². The second-order valence-electron chi connectivity index (χ2n) is 7.21. The molecule has 1 aromatic rings. The van der Waals surface area contributed by atoms with Crippen molar-refractivity contribution in [2.75, 3.05) is 25.0 Å². The number of carbonyl (C=O) groups is 1. The van der Waals surface area contributed by atoms with Crippen LogP contribution in [0, 0.1) is 5.41 Å². The second-order valence-corrected chi connectivity index (χ2v) is 7.21.